The van der Waals surface area contributed by atoms with Gasteiger partial charge >= 0.3 is 0 Å². The van der Waals surface area contributed by atoms with Gasteiger partial charge in [-0.1, -0.05) is 11.6 Å². The number of phenols is 1. The van der Waals surface area contributed by atoms with Crippen molar-refractivity contribution in [3.8, 4) is 17.0 Å². The van der Waals surface area contributed by atoms with Crippen molar-refractivity contribution in [2.24, 2.45) is 0 Å². The number of halogens is 1. The van der Waals surface area contributed by atoms with E-state index in [1.807, 2.05) is 13.1 Å². The van der Waals surface area contributed by atoms with Crippen molar-refractivity contribution in [1.82, 2.24) is 20.2 Å². The Morgan fingerprint density at radius 3 is 2.36 bits per heavy atom. The minimum absolute atomic E-state index is 0.0132. The summed E-state index contributed by atoms with van der Waals surface area (Å²) in [5.74, 6) is 0.679. The van der Waals surface area contributed by atoms with E-state index < -0.39 is 10.0 Å². The molecule has 2 aromatic rings. The summed E-state index contributed by atoms with van der Waals surface area (Å²) in [5.41, 5.74) is 1.28. The molecule has 0 spiro atoms. The van der Waals surface area contributed by atoms with Gasteiger partial charge in [-0.15, -0.1) is 10.2 Å². The van der Waals surface area contributed by atoms with Crippen LogP contribution in [0.4, 0.5) is 5.82 Å². The fourth-order valence-electron chi connectivity index (χ4n) is 4.53. The van der Waals surface area contributed by atoms with Gasteiger partial charge in [0.2, 0.25) is 10.0 Å². The highest BCUT2D eigenvalue weighted by Crippen LogP contribution is 2.35. The van der Waals surface area contributed by atoms with Crippen molar-refractivity contribution < 1.29 is 13.5 Å². The molecule has 180 valence electrons. The summed E-state index contributed by atoms with van der Waals surface area (Å²) < 4.78 is 25.4. The highest BCUT2D eigenvalue weighted by Gasteiger charge is 2.39. The van der Waals surface area contributed by atoms with Crippen LogP contribution in [0.1, 0.15) is 46.1 Å². The maximum atomic E-state index is 11.6. The number of hydrogen-bond acceptors (Lipinski definition) is 7. The van der Waals surface area contributed by atoms with E-state index in [1.165, 1.54) is 19.2 Å². The largest absolute Gasteiger partial charge is 0.507 e. The highest BCUT2D eigenvalue weighted by atomic mass is 35.5. The zero-order chi connectivity index (χ0) is 24.6. The average molecular weight is 494 g/mol. The number of phenolic OH excluding ortho intramolecular Hbond substituents is 1. The summed E-state index contributed by atoms with van der Waals surface area (Å²) in [7, 11) is -0.206. The fourth-order valence-corrected chi connectivity index (χ4v) is 5.22. The second kappa shape index (κ2) is 9.21. The summed E-state index contributed by atoms with van der Waals surface area (Å²) in [5, 5.41) is 24.2. The van der Waals surface area contributed by atoms with Gasteiger partial charge in [-0.05, 0) is 83.5 Å². The Morgan fingerprint density at radius 2 is 1.82 bits per heavy atom. The van der Waals surface area contributed by atoms with E-state index in [9.17, 15) is 13.5 Å². The van der Waals surface area contributed by atoms with E-state index in [-0.39, 0.29) is 21.8 Å². The Kier molecular flexibility index (Phi) is 7.10. The van der Waals surface area contributed by atoms with Crippen LogP contribution in [0, 0.1) is 0 Å². The molecule has 0 amide bonds. The van der Waals surface area contributed by atoms with E-state index in [1.54, 1.807) is 12.1 Å². The van der Waals surface area contributed by atoms with Gasteiger partial charge in [-0.2, -0.15) is 0 Å². The Hall–Kier alpha value is -2.20. The van der Waals surface area contributed by atoms with Crippen LogP contribution in [-0.4, -0.2) is 54.9 Å². The lowest BCUT2D eigenvalue weighted by atomic mass is 9.79. The Bertz CT molecular complexity index is 1130. The molecule has 0 bridgehead atoms. The molecule has 10 heteroatoms. The van der Waals surface area contributed by atoms with Gasteiger partial charge in [0.1, 0.15) is 5.75 Å². The smallest absolute Gasteiger partial charge is 0.233 e. The third-order valence-corrected chi connectivity index (χ3v) is 7.22. The number of aromatic hydroxyl groups is 1. The molecule has 33 heavy (non-hydrogen) atoms. The van der Waals surface area contributed by atoms with Gasteiger partial charge in [0.25, 0.3) is 0 Å². The quantitative estimate of drug-likeness (QED) is 0.562. The van der Waals surface area contributed by atoms with Crippen LogP contribution in [0.3, 0.4) is 0 Å². The SMILES string of the molecule is CNS(=O)(=O)/C=C/c1cc(O)c(-c2ccc(N(C)C3CC(C)(C)NC(C)(C)C3)nn2)cc1Cl. The maximum absolute atomic E-state index is 11.6. The molecule has 1 aliphatic rings. The molecule has 1 aliphatic heterocycles. The van der Waals surface area contributed by atoms with Crippen LogP contribution in [0.25, 0.3) is 17.3 Å². The third-order valence-electron chi connectivity index (χ3n) is 5.83. The Morgan fingerprint density at radius 1 is 1.18 bits per heavy atom. The van der Waals surface area contributed by atoms with Crippen LogP contribution < -0.4 is 14.9 Å². The number of piperidine rings is 1. The summed E-state index contributed by atoms with van der Waals surface area (Å²) in [6.07, 6.45) is 3.28. The topological polar surface area (TPSA) is 107 Å². The van der Waals surface area contributed by atoms with Crippen LogP contribution in [0.5, 0.6) is 5.75 Å². The van der Waals surface area contributed by atoms with E-state index >= 15 is 0 Å². The summed E-state index contributed by atoms with van der Waals surface area (Å²) in [4.78, 5) is 2.16. The number of sulfonamides is 1. The molecule has 1 saturated heterocycles. The van der Waals surface area contributed by atoms with Gasteiger partial charge in [-0.25, -0.2) is 13.1 Å². The van der Waals surface area contributed by atoms with Crippen molar-refractivity contribution in [1.29, 1.82) is 0 Å². The van der Waals surface area contributed by atoms with Crippen LogP contribution in [0.2, 0.25) is 5.02 Å². The molecule has 0 aliphatic carbocycles. The number of anilines is 1. The van der Waals surface area contributed by atoms with Crippen molar-refractivity contribution in [3.05, 3.63) is 40.3 Å². The lowest BCUT2D eigenvalue weighted by molar-refractivity contribution is 0.160. The molecule has 0 saturated carbocycles. The van der Waals surface area contributed by atoms with E-state index in [4.69, 9.17) is 11.6 Å². The second-order valence-corrected chi connectivity index (χ2v) is 12.0. The van der Waals surface area contributed by atoms with Crippen molar-refractivity contribution in [2.75, 3.05) is 19.0 Å². The number of hydrogen-bond donors (Lipinski definition) is 3. The standard InChI is InChI=1S/C23H32ClN5O3S/c1-22(2)13-16(14-23(3,4)28-22)29(6)21-8-7-19(26-27-21)17-12-18(24)15(11-20(17)30)9-10-33(31,32)25-5/h7-12,16,25,28,30H,13-14H2,1-6H3/b10-9+. The fraction of sp³-hybridized carbons (Fsp3) is 0.478. The molecule has 3 rings (SSSR count). The van der Waals surface area contributed by atoms with Crippen molar-refractivity contribution >= 4 is 33.5 Å². The minimum atomic E-state index is -3.55. The van der Waals surface area contributed by atoms with Gasteiger partial charge in [0, 0.05) is 40.2 Å². The van der Waals surface area contributed by atoms with Gasteiger partial charge < -0.3 is 15.3 Å². The first kappa shape index (κ1) is 25.4. The third kappa shape index (κ3) is 6.23. The molecule has 8 nitrogen and oxygen atoms in total. The number of nitrogens with one attached hydrogen (secondary N) is 2. The second-order valence-electron chi connectivity index (χ2n) is 9.79. The molecule has 2 heterocycles. The molecule has 1 aromatic heterocycles. The normalized spacial score (nSPS) is 18.5. The van der Waals surface area contributed by atoms with Crippen molar-refractivity contribution in [3.63, 3.8) is 0 Å². The number of rotatable bonds is 6. The molecule has 0 radical (unpaired) electrons. The molecular weight excluding hydrogens is 462 g/mol. The summed E-state index contributed by atoms with van der Waals surface area (Å²) >= 11 is 6.32. The molecule has 1 aromatic carbocycles. The lowest BCUT2D eigenvalue weighted by Gasteiger charge is -2.49. The Labute approximate surface area is 201 Å². The van der Waals surface area contributed by atoms with E-state index in [0.29, 0.717) is 22.9 Å². The minimum Gasteiger partial charge on any atom is -0.507 e. The van der Waals surface area contributed by atoms with E-state index in [2.05, 4.69) is 52.8 Å². The maximum Gasteiger partial charge on any atom is 0.233 e. The summed E-state index contributed by atoms with van der Waals surface area (Å²) in [6.45, 7) is 8.85. The van der Waals surface area contributed by atoms with Crippen LogP contribution in [0.15, 0.2) is 29.7 Å². The zero-order valence-electron chi connectivity index (χ0n) is 19.8. The zero-order valence-corrected chi connectivity index (χ0v) is 21.4. The first-order valence-electron chi connectivity index (χ1n) is 10.7. The molecule has 0 atom stereocenters. The summed E-state index contributed by atoms with van der Waals surface area (Å²) in [6, 6.07) is 6.93. The highest BCUT2D eigenvalue weighted by molar-refractivity contribution is 7.92. The van der Waals surface area contributed by atoms with Crippen LogP contribution in [-0.2, 0) is 10.0 Å². The van der Waals surface area contributed by atoms with E-state index in [0.717, 1.165) is 24.1 Å². The van der Waals surface area contributed by atoms with Gasteiger partial charge in [0.05, 0.1) is 5.69 Å². The van der Waals surface area contributed by atoms with Gasteiger partial charge in [-0.3, -0.25) is 0 Å². The first-order chi connectivity index (χ1) is 15.2. The average Bonchev–Trinajstić information content (AvgIpc) is 2.71. The number of benzene rings is 1. The first-order valence-corrected chi connectivity index (χ1v) is 12.6. The van der Waals surface area contributed by atoms with Gasteiger partial charge in [0.15, 0.2) is 5.82 Å². The number of nitrogens with zero attached hydrogens (tertiary/aromatic N) is 3. The Balaban J connectivity index is 1.83. The molecule has 0 unspecified atom stereocenters. The molecular formula is C23H32ClN5O3S. The predicted octanol–water partition coefficient (Wildman–Crippen LogP) is 3.77. The van der Waals surface area contributed by atoms with Crippen LogP contribution >= 0.6 is 11.6 Å². The molecule has 1 fully saturated rings. The lowest BCUT2D eigenvalue weighted by Crippen LogP contribution is -2.62. The monoisotopic (exact) mass is 493 g/mol. The van der Waals surface area contributed by atoms with Crippen molar-refractivity contribution in [2.45, 2.75) is 57.7 Å². The number of aromatic nitrogens is 2. The predicted molar refractivity (Wildman–Crippen MR) is 134 cm³/mol. The molecule has 3 N–H and O–H groups in total.